The molecule has 1 nitrogen and oxygen atoms in total. The van der Waals surface area contributed by atoms with Crippen LogP contribution in [0, 0.1) is 11.6 Å². The third-order valence-corrected chi connectivity index (χ3v) is 3.27. The lowest BCUT2D eigenvalue weighted by Gasteiger charge is -2.26. The fraction of sp³-hybridized carbons (Fsp3) is 0.250. The first-order valence-electron chi connectivity index (χ1n) is 6.76. The number of ether oxygens (including phenoxy) is 1. The highest BCUT2D eigenvalue weighted by atomic mass is 19.3. The van der Waals surface area contributed by atoms with E-state index >= 15 is 0 Å². The van der Waals surface area contributed by atoms with Crippen LogP contribution < -0.4 is 0 Å². The van der Waals surface area contributed by atoms with Crippen LogP contribution in [0.3, 0.4) is 0 Å². The summed E-state index contributed by atoms with van der Waals surface area (Å²) in [4.78, 5) is 0. The Morgan fingerprint density at radius 2 is 0.880 bits per heavy atom. The molecule has 0 saturated carbocycles. The molecule has 9 heteroatoms. The van der Waals surface area contributed by atoms with E-state index in [4.69, 9.17) is 0 Å². The Morgan fingerprint density at radius 3 is 1.16 bits per heavy atom. The van der Waals surface area contributed by atoms with Crippen molar-refractivity contribution in [2.45, 2.75) is 24.6 Å². The van der Waals surface area contributed by atoms with Crippen LogP contribution in [0.1, 0.15) is 11.1 Å². The van der Waals surface area contributed by atoms with Gasteiger partial charge in [-0.15, -0.1) is 0 Å². The highest BCUT2D eigenvalue weighted by molar-refractivity contribution is 5.23. The first-order chi connectivity index (χ1) is 11.5. The van der Waals surface area contributed by atoms with Crippen LogP contribution >= 0.6 is 0 Å². The Morgan fingerprint density at radius 1 is 0.600 bits per heavy atom. The molecule has 0 aliphatic carbocycles. The van der Waals surface area contributed by atoms with Gasteiger partial charge in [-0.05, 0) is 48.5 Å². The average Bonchev–Trinajstić information content (AvgIpc) is 2.55. The van der Waals surface area contributed by atoms with Crippen LogP contribution in [-0.4, -0.2) is 12.7 Å². The van der Waals surface area contributed by atoms with Gasteiger partial charge in [0.05, 0.1) is 0 Å². The molecule has 136 valence electrons. The second-order valence-electron chi connectivity index (χ2n) is 5.03. The number of halogens is 8. The van der Waals surface area contributed by atoms with Gasteiger partial charge in [-0.1, -0.05) is 0 Å². The minimum absolute atomic E-state index is 0.511. The average molecular weight is 370 g/mol. The predicted octanol–water partition coefficient (Wildman–Crippen LogP) is 5.46. The molecule has 0 spiro atoms. The topological polar surface area (TPSA) is 9.23 Å². The van der Waals surface area contributed by atoms with Crippen LogP contribution in [0.4, 0.5) is 35.1 Å². The van der Waals surface area contributed by atoms with Crippen molar-refractivity contribution in [3.63, 3.8) is 0 Å². The van der Waals surface area contributed by atoms with Crippen molar-refractivity contribution in [3.8, 4) is 0 Å². The van der Waals surface area contributed by atoms with E-state index in [0.29, 0.717) is 48.5 Å². The summed E-state index contributed by atoms with van der Waals surface area (Å²) < 4.78 is 111. The molecule has 2 atom stereocenters. The van der Waals surface area contributed by atoms with Gasteiger partial charge in [0.2, 0.25) is 0 Å². The van der Waals surface area contributed by atoms with E-state index in [1.807, 2.05) is 0 Å². The SMILES string of the molecule is Fc1ccc(C(F)(F)[C@H](F)O[C@@H](F)C(F)(F)c2ccc(F)cc2)cc1. The van der Waals surface area contributed by atoms with Crippen LogP contribution in [0.15, 0.2) is 48.5 Å². The summed E-state index contributed by atoms with van der Waals surface area (Å²) in [6.45, 7) is 0. The number of alkyl halides is 6. The lowest BCUT2D eigenvalue weighted by atomic mass is 10.1. The molecule has 2 aromatic rings. The fourth-order valence-electron chi connectivity index (χ4n) is 1.88. The van der Waals surface area contributed by atoms with Gasteiger partial charge in [-0.3, -0.25) is 0 Å². The summed E-state index contributed by atoms with van der Waals surface area (Å²) in [5.74, 6) is -10.8. The van der Waals surface area contributed by atoms with E-state index in [2.05, 4.69) is 4.74 Å². The van der Waals surface area contributed by atoms with Crippen molar-refractivity contribution in [1.29, 1.82) is 0 Å². The minimum atomic E-state index is -4.50. The Bertz CT molecular complexity index is 638. The molecule has 0 unspecified atom stereocenters. The zero-order valence-electron chi connectivity index (χ0n) is 12.2. The molecule has 0 aliphatic heterocycles. The lowest BCUT2D eigenvalue weighted by Crippen LogP contribution is -2.38. The Labute approximate surface area is 136 Å². The molecule has 0 aliphatic rings. The maximum Gasteiger partial charge on any atom is 0.327 e. The maximum atomic E-state index is 13.8. The second-order valence-corrected chi connectivity index (χ2v) is 5.03. The van der Waals surface area contributed by atoms with Crippen LogP contribution in [0.2, 0.25) is 0 Å². The molecule has 0 bridgehead atoms. The van der Waals surface area contributed by atoms with Crippen molar-refractivity contribution in [3.05, 3.63) is 71.3 Å². The quantitative estimate of drug-likeness (QED) is 0.614. The van der Waals surface area contributed by atoms with Crippen molar-refractivity contribution < 1.29 is 39.9 Å². The summed E-state index contributed by atoms with van der Waals surface area (Å²) in [5, 5.41) is 0. The fourth-order valence-corrected chi connectivity index (χ4v) is 1.88. The monoisotopic (exact) mass is 370 g/mol. The lowest BCUT2D eigenvalue weighted by molar-refractivity contribution is -0.295. The zero-order valence-corrected chi connectivity index (χ0v) is 12.2. The highest BCUT2D eigenvalue weighted by Gasteiger charge is 2.50. The van der Waals surface area contributed by atoms with E-state index < -0.39 is 47.3 Å². The van der Waals surface area contributed by atoms with E-state index in [1.54, 1.807) is 0 Å². The number of rotatable bonds is 6. The molecule has 2 aromatic carbocycles. The molecular formula is C16H10F8O. The molecule has 0 saturated heterocycles. The Balaban J connectivity index is 2.16. The molecule has 0 radical (unpaired) electrons. The molecule has 0 amide bonds. The largest absolute Gasteiger partial charge is 0.327 e. The molecule has 0 heterocycles. The van der Waals surface area contributed by atoms with Crippen LogP contribution in [0.5, 0.6) is 0 Å². The van der Waals surface area contributed by atoms with Gasteiger partial charge in [-0.25, -0.2) is 17.6 Å². The second kappa shape index (κ2) is 6.99. The summed E-state index contributed by atoms with van der Waals surface area (Å²) >= 11 is 0. The van der Waals surface area contributed by atoms with Crippen LogP contribution in [0.25, 0.3) is 0 Å². The molecule has 2 rings (SSSR count). The Hall–Kier alpha value is -2.16. The van der Waals surface area contributed by atoms with Crippen molar-refractivity contribution >= 4 is 0 Å². The number of hydrogen-bond acceptors (Lipinski definition) is 1. The van der Waals surface area contributed by atoms with Gasteiger partial charge in [-0.2, -0.15) is 17.6 Å². The molecular weight excluding hydrogens is 360 g/mol. The summed E-state index contributed by atoms with van der Waals surface area (Å²) in [5.41, 5.74) is -2.17. The molecule has 25 heavy (non-hydrogen) atoms. The number of hydrogen-bond donors (Lipinski definition) is 0. The summed E-state index contributed by atoms with van der Waals surface area (Å²) in [6.07, 6.45) is -7.53. The van der Waals surface area contributed by atoms with Gasteiger partial charge in [0, 0.05) is 11.1 Å². The third kappa shape index (κ3) is 4.09. The van der Waals surface area contributed by atoms with E-state index in [-0.39, 0.29) is 0 Å². The van der Waals surface area contributed by atoms with Crippen LogP contribution in [-0.2, 0) is 16.6 Å². The highest BCUT2D eigenvalue weighted by Crippen LogP contribution is 2.40. The standard InChI is InChI=1S/C16H10F8O/c17-11-5-1-9(2-6-11)15(21,22)13(19)25-14(20)16(23,24)10-3-7-12(18)8-4-10/h1-8,13-14H/t13-,14-/m1/s1. The van der Waals surface area contributed by atoms with Crippen molar-refractivity contribution in [2.75, 3.05) is 0 Å². The maximum absolute atomic E-state index is 13.8. The first-order valence-corrected chi connectivity index (χ1v) is 6.76. The molecule has 0 N–H and O–H groups in total. The summed E-state index contributed by atoms with van der Waals surface area (Å²) in [6, 6.07) is 4.42. The minimum Gasteiger partial charge on any atom is -0.303 e. The predicted molar refractivity (Wildman–Crippen MR) is 71.5 cm³/mol. The van der Waals surface area contributed by atoms with Crippen molar-refractivity contribution in [2.24, 2.45) is 0 Å². The van der Waals surface area contributed by atoms with Gasteiger partial charge in [0.15, 0.2) is 0 Å². The summed E-state index contributed by atoms with van der Waals surface area (Å²) in [7, 11) is 0. The normalized spacial score (nSPS) is 15.0. The molecule has 0 aromatic heterocycles. The van der Waals surface area contributed by atoms with E-state index in [0.717, 1.165) is 0 Å². The van der Waals surface area contributed by atoms with Crippen molar-refractivity contribution in [1.82, 2.24) is 0 Å². The van der Waals surface area contributed by atoms with Gasteiger partial charge in [0.25, 0.3) is 12.7 Å². The van der Waals surface area contributed by atoms with Gasteiger partial charge < -0.3 is 4.74 Å². The smallest absolute Gasteiger partial charge is 0.303 e. The van der Waals surface area contributed by atoms with E-state index in [9.17, 15) is 35.1 Å². The van der Waals surface area contributed by atoms with Gasteiger partial charge in [0.1, 0.15) is 11.6 Å². The number of benzene rings is 2. The third-order valence-electron chi connectivity index (χ3n) is 3.27. The first kappa shape index (κ1) is 19.2. The van der Waals surface area contributed by atoms with E-state index in [1.165, 1.54) is 0 Å². The zero-order chi connectivity index (χ0) is 18.8. The molecule has 0 fully saturated rings. The Kier molecular flexibility index (Phi) is 5.36. The van der Waals surface area contributed by atoms with Gasteiger partial charge >= 0.3 is 11.8 Å².